The van der Waals surface area contributed by atoms with Crippen LogP contribution in [0.25, 0.3) is 0 Å². The molecular weight excluding hydrogens is 354 g/mol. The maximum atomic E-state index is 12.9. The Labute approximate surface area is 154 Å². The molecule has 0 spiro atoms. The largest absolute Gasteiger partial charge is 0.384 e. The number of aliphatic hydroxyl groups is 1. The Kier molecular flexibility index (Phi) is 5.21. The lowest BCUT2D eigenvalue weighted by atomic mass is 9.95. The summed E-state index contributed by atoms with van der Waals surface area (Å²) in [5.41, 5.74) is 0.256. The maximum absolute atomic E-state index is 12.9. The van der Waals surface area contributed by atoms with E-state index in [1.807, 2.05) is 30.3 Å². The number of nitrogens with zero attached hydrogens (tertiary/aromatic N) is 3. The second-order valence-corrected chi connectivity index (χ2v) is 8.85. The third-order valence-corrected chi connectivity index (χ3v) is 6.97. The second kappa shape index (κ2) is 7.11. The third kappa shape index (κ3) is 3.68. The van der Waals surface area contributed by atoms with Crippen LogP contribution in [0.3, 0.4) is 0 Å². The van der Waals surface area contributed by atoms with Crippen LogP contribution in [0.2, 0.25) is 0 Å². The van der Waals surface area contributed by atoms with Crippen LogP contribution in [-0.4, -0.2) is 60.6 Å². The van der Waals surface area contributed by atoms with Crippen molar-refractivity contribution in [1.29, 1.82) is 0 Å². The van der Waals surface area contributed by atoms with Gasteiger partial charge in [-0.1, -0.05) is 35.5 Å². The normalized spacial score (nSPS) is 19.4. The van der Waals surface area contributed by atoms with Gasteiger partial charge in [-0.25, -0.2) is 8.42 Å². The van der Waals surface area contributed by atoms with E-state index in [0.717, 1.165) is 5.56 Å². The van der Waals surface area contributed by atoms with Crippen molar-refractivity contribution >= 4 is 10.0 Å². The van der Waals surface area contributed by atoms with Crippen molar-refractivity contribution in [1.82, 2.24) is 14.4 Å². The molecule has 142 valence electrons. The number of piperazine rings is 1. The summed E-state index contributed by atoms with van der Waals surface area (Å²) in [6.07, 6.45) is 0. The Bertz CT molecular complexity index is 834. The van der Waals surface area contributed by atoms with Gasteiger partial charge >= 0.3 is 0 Å². The minimum atomic E-state index is -3.61. The Morgan fingerprint density at radius 2 is 1.77 bits per heavy atom. The van der Waals surface area contributed by atoms with Crippen LogP contribution in [0.5, 0.6) is 0 Å². The summed E-state index contributed by atoms with van der Waals surface area (Å²) >= 11 is 0. The fourth-order valence-electron chi connectivity index (χ4n) is 3.42. The van der Waals surface area contributed by atoms with Gasteiger partial charge < -0.3 is 9.63 Å². The summed E-state index contributed by atoms with van der Waals surface area (Å²) in [6.45, 7) is 7.36. The van der Waals surface area contributed by atoms with Gasteiger partial charge in [0, 0.05) is 32.7 Å². The van der Waals surface area contributed by atoms with E-state index in [1.54, 1.807) is 20.8 Å². The molecule has 1 aliphatic heterocycles. The molecule has 1 atom stereocenters. The highest BCUT2D eigenvalue weighted by molar-refractivity contribution is 7.89. The van der Waals surface area contributed by atoms with Crippen molar-refractivity contribution in [2.24, 2.45) is 0 Å². The van der Waals surface area contributed by atoms with E-state index in [-0.39, 0.29) is 4.90 Å². The summed E-state index contributed by atoms with van der Waals surface area (Å²) in [5.74, 6) is 0.317. The van der Waals surface area contributed by atoms with Gasteiger partial charge in [0.1, 0.15) is 10.6 Å². The molecule has 0 aliphatic carbocycles. The molecule has 2 heterocycles. The zero-order chi connectivity index (χ0) is 18.9. The Morgan fingerprint density at radius 1 is 1.15 bits per heavy atom. The van der Waals surface area contributed by atoms with Crippen LogP contribution in [0.4, 0.5) is 0 Å². The molecule has 8 heteroatoms. The maximum Gasteiger partial charge on any atom is 0.248 e. The molecule has 1 N–H and O–H groups in total. The van der Waals surface area contributed by atoms with Crippen LogP contribution in [0.1, 0.15) is 23.9 Å². The molecule has 0 radical (unpaired) electrons. The van der Waals surface area contributed by atoms with E-state index in [4.69, 9.17) is 4.52 Å². The molecule has 1 aliphatic rings. The lowest BCUT2D eigenvalue weighted by Crippen LogP contribution is -2.51. The molecule has 1 aromatic heterocycles. The molecule has 26 heavy (non-hydrogen) atoms. The predicted molar refractivity (Wildman–Crippen MR) is 97.2 cm³/mol. The number of rotatable bonds is 5. The number of hydrogen-bond acceptors (Lipinski definition) is 6. The van der Waals surface area contributed by atoms with Crippen molar-refractivity contribution < 1.29 is 18.0 Å². The predicted octanol–water partition coefficient (Wildman–Crippen LogP) is 1.51. The number of hydrogen-bond donors (Lipinski definition) is 1. The van der Waals surface area contributed by atoms with Gasteiger partial charge in [-0.2, -0.15) is 4.31 Å². The average Bonchev–Trinajstić information content (AvgIpc) is 2.95. The molecule has 1 fully saturated rings. The van der Waals surface area contributed by atoms with Crippen LogP contribution in [0, 0.1) is 13.8 Å². The van der Waals surface area contributed by atoms with Gasteiger partial charge in [-0.3, -0.25) is 4.90 Å². The standard InChI is InChI=1S/C18H25N3O4S/c1-14-17(15(2)25-19-14)26(23,24)21-11-9-20(10-12-21)13-18(3,22)16-7-5-4-6-8-16/h4-8,22H,9-13H2,1-3H3. The van der Waals surface area contributed by atoms with Crippen LogP contribution in [-0.2, 0) is 15.6 Å². The number of aryl methyl sites for hydroxylation is 2. The molecule has 1 aromatic carbocycles. The van der Waals surface area contributed by atoms with Crippen LogP contribution < -0.4 is 0 Å². The van der Waals surface area contributed by atoms with E-state index in [0.29, 0.717) is 44.2 Å². The van der Waals surface area contributed by atoms with Crippen LogP contribution >= 0.6 is 0 Å². The minimum Gasteiger partial charge on any atom is -0.384 e. The van der Waals surface area contributed by atoms with E-state index < -0.39 is 15.6 Å². The van der Waals surface area contributed by atoms with Gasteiger partial charge in [0.25, 0.3) is 0 Å². The van der Waals surface area contributed by atoms with Crippen LogP contribution in [0.15, 0.2) is 39.8 Å². The summed E-state index contributed by atoms with van der Waals surface area (Å²) in [7, 11) is -3.61. The Hall–Kier alpha value is -1.74. The third-order valence-electron chi connectivity index (χ3n) is 4.82. The molecule has 1 saturated heterocycles. The molecule has 2 aromatic rings. The fourth-order valence-corrected chi connectivity index (χ4v) is 5.14. The van der Waals surface area contributed by atoms with Crippen molar-refractivity contribution in [3.8, 4) is 0 Å². The molecule has 1 unspecified atom stereocenters. The van der Waals surface area contributed by atoms with Crippen molar-refractivity contribution in [2.75, 3.05) is 32.7 Å². The van der Waals surface area contributed by atoms with E-state index in [2.05, 4.69) is 10.1 Å². The number of aromatic nitrogens is 1. The summed E-state index contributed by atoms with van der Waals surface area (Å²) in [6, 6.07) is 9.52. The summed E-state index contributed by atoms with van der Waals surface area (Å²) in [4.78, 5) is 2.26. The highest BCUT2D eigenvalue weighted by Gasteiger charge is 2.35. The Morgan fingerprint density at radius 3 is 2.31 bits per heavy atom. The first-order chi connectivity index (χ1) is 12.2. The molecule has 0 amide bonds. The van der Waals surface area contributed by atoms with Crippen molar-refractivity contribution in [2.45, 2.75) is 31.3 Å². The molecule has 3 rings (SSSR count). The highest BCUT2D eigenvalue weighted by Crippen LogP contribution is 2.26. The van der Waals surface area contributed by atoms with Gasteiger partial charge in [0.15, 0.2) is 5.76 Å². The topological polar surface area (TPSA) is 86.9 Å². The smallest absolute Gasteiger partial charge is 0.248 e. The van der Waals surface area contributed by atoms with Gasteiger partial charge in [-0.15, -0.1) is 0 Å². The van der Waals surface area contributed by atoms with Gasteiger partial charge in [0.2, 0.25) is 10.0 Å². The average molecular weight is 379 g/mol. The Balaban J connectivity index is 1.66. The first-order valence-corrected chi connectivity index (χ1v) is 10.1. The van der Waals surface area contributed by atoms with E-state index in [9.17, 15) is 13.5 Å². The lowest BCUT2D eigenvalue weighted by molar-refractivity contribution is 0.00736. The first kappa shape index (κ1) is 19.0. The van der Waals surface area contributed by atoms with E-state index in [1.165, 1.54) is 4.31 Å². The van der Waals surface area contributed by atoms with Gasteiger partial charge in [0.05, 0.1) is 5.60 Å². The minimum absolute atomic E-state index is 0.169. The fraction of sp³-hybridized carbons (Fsp3) is 0.500. The zero-order valence-corrected chi connectivity index (χ0v) is 16.2. The van der Waals surface area contributed by atoms with Crippen molar-refractivity contribution in [3.63, 3.8) is 0 Å². The molecule has 0 saturated carbocycles. The SMILES string of the molecule is Cc1noc(C)c1S(=O)(=O)N1CCN(CC(C)(O)c2ccccc2)CC1. The van der Waals surface area contributed by atoms with Gasteiger partial charge in [-0.05, 0) is 26.3 Å². The molecule has 7 nitrogen and oxygen atoms in total. The summed E-state index contributed by atoms with van der Waals surface area (Å²) < 4.78 is 32.2. The van der Waals surface area contributed by atoms with Crippen molar-refractivity contribution in [3.05, 3.63) is 47.3 Å². The quantitative estimate of drug-likeness (QED) is 0.847. The highest BCUT2D eigenvalue weighted by atomic mass is 32.2. The first-order valence-electron chi connectivity index (χ1n) is 8.65. The summed E-state index contributed by atoms with van der Waals surface area (Å²) in [5, 5.41) is 14.5. The molecular formula is C18H25N3O4S. The lowest BCUT2D eigenvalue weighted by Gasteiger charge is -2.37. The number of β-amino-alcohol motifs (C(OH)–C–C–N with tert-alkyl or cyclic N) is 1. The zero-order valence-electron chi connectivity index (χ0n) is 15.3. The monoisotopic (exact) mass is 379 g/mol. The number of sulfonamides is 1. The number of benzene rings is 1. The second-order valence-electron chi connectivity index (χ2n) is 6.97. The molecule has 0 bridgehead atoms. The van der Waals surface area contributed by atoms with E-state index >= 15 is 0 Å².